The van der Waals surface area contributed by atoms with Crippen LogP contribution >= 0.6 is 0 Å². The highest BCUT2D eigenvalue weighted by Gasteiger charge is 2.17. The fourth-order valence-corrected chi connectivity index (χ4v) is 1.54. The van der Waals surface area contributed by atoms with Crippen LogP contribution in [0.2, 0.25) is 0 Å². The molecule has 0 aliphatic rings. The maximum Gasteiger partial charge on any atom is 0.321 e. The van der Waals surface area contributed by atoms with Crippen molar-refractivity contribution in [2.45, 2.75) is 26.4 Å². The van der Waals surface area contributed by atoms with Crippen molar-refractivity contribution >= 4 is 17.9 Å². The number of carbonyl (C=O) groups excluding carboxylic acids is 2. The zero-order valence-electron chi connectivity index (χ0n) is 11.9. The van der Waals surface area contributed by atoms with Gasteiger partial charge < -0.3 is 15.2 Å². The third-order valence-corrected chi connectivity index (χ3v) is 2.53. The van der Waals surface area contributed by atoms with E-state index in [4.69, 9.17) is 9.84 Å². The Morgan fingerprint density at radius 3 is 2.38 bits per heavy atom. The first-order valence-corrected chi connectivity index (χ1v) is 6.48. The molecule has 3 amide bonds. The van der Waals surface area contributed by atoms with Gasteiger partial charge in [-0.15, -0.1) is 0 Å². The molecule has 0 spiro atoms. The number of urea groups is 1. The Bertz CT molecular complexity index is 513. The molecule has 0 saturated carbocycles. The lowest BCUT2D eigenvalue weighted by molar-refractivity contribution is -0.136. The van der Waals surface area contributed by atoms with Gasteiger partial charge in [0.05, 0.1) is 6.42 Å². The quantitative estimate of drug-likeness (QED) is 0.724. The van der Waals surface area contributed by atoms with Gasteiger partial charge in [-0.3, -0.25) is 14.9 Å². The summed E-state index contributed by atoms with van der Waals surface area (Å²) in [5, 5.41) is 13.2. The summed E-state index contributed by atoms with van der Waals surface area (Å²) in [6, 6.07) is 5.80. The lowest BCUT2D eigenvalue weighted by Gasteiger charge is -2.14. The minimum absolute atomic E-state index is 0.0759. The SMILES string of the molecule is CCNC(=O)NC(=O)C(C)Oc1ccc(CC(=O)O)cc1. The molecule has 1 aromatic carbocycles. The lowest BCUT2D eigenvalue weighted by Crippen LogP contribution is -2.45. The summed E-state index contributed by atoms with van der Waals surface area (Å²) < 4.78 is 5.38. The number of benzene rings is 1. The van der Waals surface area contributed by atoms with Crippen LogP contribution < -0.4 is 15.4 Å². The molecule has 1 rings (SSSR count). The topological polar surface area (TPSA) is 105 Å². The van der Waals surface area contributed by atoms with Gasteiger partial charge in [-0.1, -0.05) is 12.1 Å². The average Bonchev–Trinajstić information content (AvgIpc) is 2.40. The maximum atomic E-state index is 11.7. The second-order valence-electron chi connectivity index (χ2n) is 4.32. The number of carbonyl (C=O) groups is 3. The van der Waals surface area contributed by atoms with E-state index in [9.17, 15) is 14.4 Å². The molecule has 1 atom stereocenters. The molecule has 0 heterocycles. The minimum atomic E-state index is -0.918. The molecular weight excluding hydrogens is 276 g/mol. The number of ether oxygens (including phenoxy) is 1. The molecule has 0 aromatic heterocycles. The van der Waals surface area contributed by atoms with E-state index in [1.807, 2.05) is 0 Å². The zero-order valence-corrected chi connectivity index (χ0v) is 11.9. The fourth-order valence-electron chi connectivity index (χ4n) is 1.54. The van der Waals surface area contributed by atoms with Gasteiger partial charge in [-0.05, 0) is 31.5 Å². The first kappa shape index (κ1) is 16.5. The summed E-state index contributed by atoms with van der Waals surface area (Å²) in [6.45, 7) is 3.67. The van der Waals surface area contributed by atoms with Gasteiger partial charge in [0.15, 0.2) is 6.10 Å². The molecule has 7 heteroatoms. The van der Waals surface area contributed by atoms with Crippen LogP contribution in [0, 0.1) is 0 Å². The minimum Gasteiger partial charge on any atom is -0.481 e. The molecule has 21 heavy (non-hydrogen) atoms. The summed E-state index contributed by atoms with van der Waals surface area (Å²) in [6.07, 6.45) is -0.925. The number of hydrogen-bond acceptors (Lipinski definition) is 4. The van der Waals surface area contributed by atoms with E-state index in [0.717, 1.165) is 0 Å². The molecular formula is C14H18N2O5. The van der Waals surface area contributed by atoms with E-state index in [2.05, 4.69) is 10.6 Å². The van der Waals surface area contributed by atoms with Crippen molar-refractivity contribution in [2.75, 3.05) is 6.54 Å². The maximum absolute atomic E-state index is 11.7. The summed E-state index contributed by atoms with van der Waals surface area (Å²) in [5.74, 6) is -1.06. The number of carboxylic acids is 1. The summed E-state index contributed by atoms with van der Waals surface area (Å²) in [7, 11) is 0. The van der Waals surface area contributed by atoms with Crippen LogP contribution in [0.5, 0.6) is 5.75 Å². The number of rotatable bonds is 6. The van der Waals surface area contributed by atoms with Crippen molar-refractivity contribution in [3.8, 4) is 5.75 Å². The molecule has 114 valence electrons. The number of hydrogen-bond donors (Lipinski definition) is 3. The molecule has 0 bridgehead atoms. The molecule has 3 N–H and O–H groups in total. The van der Waals surface area contributed by atoms with Crippen LogP contribution in [-0.2, 0) is 16.0 Å². The van der Waals surface area contributed by atoms with Gasteiger partial charge in [-0.25, -0.2) is 4.79 Å². The van der Waals surface area contributed by atoms with Crippen LogP contribution in [0.1, 0.15) is 19.4 Å². The van der Waals surface area contributed by atoms with E-state index < -0.39 is 24.0 Å². The highest BCUT2D eigenvalue weighted by atomic mass is 16.5. The van der Waals surface area contributed by atoms with Gasteiger partial charge in [0.25, 0.3) is 5.91 Å². The predicted octanol–water partition coefficient (Wildman–Crippen LogP) is 0.927. The smallest absolute Gasteiger partial charge is 0.321 e. The molecule has 0 radical (unpaired) electrons. The van der Waals surface area contributed by atoms with Crippen molar-refractivity contribution in [2.24, 2.45) is 0 Å². The predicted molar refractivity (Wildman–Crippen MR) is 75.1 cm³/mol. The van der Waals surface area contributed by atoms with Gasteiger partial charge in [-0.2, -0.15) is 0 Å². The van der Waals surface area contributed by atoms with Crippen molar-refractivity contribution in [1.82, 2.24) is 10.6 Å². The Hall–Kier alpha value is -2.57. The van der Waals surface area contributed by atoms with Gasteiger partial charge >= 0.3 is 12.0 Å². The van der Waals surface area contributed by atoms with Crippen LogP contribution in [-0.4, -0.2) is 35.7 Å². The number of amides is 3. The van der Waals surface area contributed by atoms with Crippen LogP contribution in [0.25, 0.3) is 0 Å². The number of aliphatic carboxylic acids is 1. The van der Waals surface area contributed by atoms with E-state index in [1.54, 1.807) is 31.2 Å². The van der Waals surface area contributed by atoms with E-state index in [1.165, 1.54) is 6.92 Å². The van der Waals surface area contributed by atoms with Crippen molar-refractivity contribution in [3.63, 3.8) is 0 Å². The molecule has 7 nitrogen and oxygen atoms in total. The van der Waals surface area contributed by atoms with Crippen LogP contribution in [0.4, 0.5) is 4.79 Å². The molecule has 0 aliphatic carbocycles. The zero-order chi connectivity index (χ0) is 15.8. The highest BCUT2D eigenvalue weighted by molar-refractivity contribution is 5.96. The molecule has 1 aromatic rings. The Labute approximate surface area is 122 Å². The average molecular weight is 294 g/mol. The molecule has 0 aliphatic heterocycles. The van der Waals surface area contributed by atoms with Crippen LogP contribution in [0.15, 0.2) is 24.3 Å². The Morgan fingerprint density at radius 1 is 1.24 bits per heavy atom. The number of imide groups is 1. The second kappa shape index (κ2) is 7.88. The summed E-state index contributed by atoms with van der Waals surface area (Å²) >= 11 is 0. The number of carboxylic acid groups (broad SMARTS) is 1. The Balaban J connectivity index is 2.54. The van der Waals surface area contributed by atoms with Gasteiger partial charge in [0.2, 0.25) is 0 Å². The normalized spacial score (nSPS) is 11.3. The highest BCUT2D eigenvalue weighted by Crippen LogP contribution is 2.14. The monoisotopic (exact) mass is 294 g/mol. The second-order valence-corrected chi connectivity index (χ2v) is 4.32. The van der Waals surface area contributed by atoms with Crippen molar-refractivity contribution < 1.29 is 24.2 Å². The Kier molecular flexibility index (Phi) is 6.19. The summed E-state index contributed by atoms with van der Waals surface area (Å²) in [4.78, 5) is 33.4. The van der Waals surface area contributed by atoms with E-state index in [-0.39, 0.29) is 6.42 Å². The Morgan fingerprint density at radius 2 is 1.86 bits per heavy atom. The van der Waals surface area contributed by atoms with E-state index in [0.29, 0.717) is 17.9 Å². The lowest BCUT2D eigenvalue weighted by atomic mass is 10.1. The fraction of sp³-hybridized carbons (Fsp3) is 0.357. The van der Waals surface area contributed by atoms with Gasteiger partial charge in [0, 0.05) is 6.54 Å². The molecule has 0 saturated heterocycles. The van der Waals surface area contributed by atoms with E-state index >= 15 is 0 Å². The van der Waals surface area contributed by atoms with Crippen molar-refractivity contribution in [3.05, 3.63) is 29.8 Å². The molecule has 0 fully saturated rings. The third kappa shape index (κ3) is 5.94. The van der Waals surface area contributed by atoms with Crippen LogP contribution in [0.3, 0.4) is 0 Å². The van der Waals surface area contributed by atoms with Gasteiger partial charge in [0.1, 0.15) is 5.75 Å². The standard InChI is InChI=1S/C14H18N2O5/c1-3-15-14(20)16-13(19)9(2)21-11-6-4-10(5-7-11)8-12(17)18/h4-7,9H,3,8H2,1-2H3,(H,17,18)(H2,15,16,19,20). The first-order valence-electron chi connectivity index (χ1n) is 6.48. The third-order valence-electron chi connectivity index (χ3n) is 2.53. The largest absolute Gasteiger partial charge is 0.481 e. The molecule has 1 unspecified atom stereocenters. The number of nitrogens with one attached hydrogen (secondary N) is 2. The first-order chi connectivity index (χ1) is 9.92. The van der Waals surface area contributed by atoms with Crippen molar-refractivity contribution in [1.29, 1.82) is 0 Å². The summed E-state index contributed by atoms with van der Waals surface area (Å²) in [5.41, 5.74) is 0.634.